The topological polar surface area (TPSA) is 241 Å². The fourth-order valence-electron chi connectivity index (χ4n) is 10.9. The standard InChI is InChI=1S/C26H25N5O4S.C26H23N5O4S.C3H3ClO/c2*1-2-23(33)30-8-7-26(14-30)10-17(11-26)31-19-9-16(13-32)3-4-18(19)28-25(31)29-24(34)22-6-5-21(36-22)20-12-27-15-35-20;1-2-3(4)5/h2-6,9,12,15,17,32H,1,7-8,10-11,13-14H2,(H,28,29,34);2-6,9,12-13,15,17H,1,7-8,10-11,14H2,(H,28,29,34);2H,1H2. The number of carbonyl (C=O) groups excluding carboxylic acids is 6. The van der Waals surface area contributed by atoms with Crippen LogP contribution in [0.2, 0.25) is 0 Å². The number of carbonyl (C=O) groups is 6. The number of anilines is 2. The van der Waals surface area contributed by atoms with E-state index in [1.807, 2.05) is 50.8 Å². The largest absolute Gasteiger partial charge is 0.443 e. The molecule has 2 saturated carbocycles. The predicted octanol–water partition coefficient (Wildman–Crippen LogP) is 9.73. The van der Waals surface area contributed by atoms with E-state index in [1.54, 1.807) is 36.7 Å². The molecule has 0 unspecified atom stereocenters. The van der Waals surface area contributed by atoms with Crippen molar-refractivity contribution >= 4 is 103 Å². The van der Waals surface area contributed by atoms with Crippen LogP contribution in [0.4, 0.5) is 11.9 Å². The molecule has 8 heterocycles. The van der Waals surface area contributed by atoms with E-state index in [-0.39, 0.29) is 53.1 Å². The van der Waals surface area contributed by atoms with Crippen LogP contribution in [0.3, 0.4) is 0 Å². The van der Waals surface area contributed by atoms with Crippen LogP contribution in [0.25, 0.3) is 43.3 Å². The number of rotatable bonds is 13. The van der Waals surface area contributed by atoms with Gasteiger partial charge >= 0.3 is 0 Å². The van der Waals surface area contributed by atoms with Crippen molar-refractivity contribution in [2.45, 2.75) is 57.2 Å². The van der Waals surface area contributed by atoms with E-state index in [0.29, 0.717) is 50.8 Å². The summed E-state index contributed by atoms with van der Waals surface area (Å²) in [6.07, 6.45) is 15.9. The first-order valence-electron chi connectivity index (χ1n) is 24.6. The monoisotopic (exact) mass is 1090 g/mol. The van der Waals surface area contributed by atoms with Crippen molar-refractivity contribution in [3.8, 4) is 21.3 Å². The highest BCUT2D eigenvalue weighted by Gasteiger charge is 2.52. The maximum atomic E-state index is 13.2. The number of hydrogen-bond acceptors (Lipinski definition) is 15. The number of halogens is 1. The molecule has 0 atom stereocenters. The van der Waals surface area contributed by atoms with Gasteiger partial charge in [-0.3, -0.25) is 39.4 Å². The third-order valence-electron chi connectivity index (χ3n) is 14.7. The second-order valence-electron chi connectivity index (χ2n) is 19.5. The second kappa shape index (κ2) is 21.9. The number of likely N-dealkylation sites (tertiary alicyclic amines) is 2. The van der Waals surface area contributed by atoms with Gasteiger partial charge in [-0.25, -0.2) is 19.9 Å². The minimum atomic E-state index is -0.509. The Kier molecular flexibility index (Phi) is 14.9. The number of amides is 4. The molecule has 3 N–H and O–H groups in total. The molecular weight excluding hydrogens is 1040 g/mol. The quantitative estimate of drug-likeness (QED) is 0.0554. The molecule has 2 saturated heterocycles. The Morgan fingerprint density at radius 1 is 0.688 bits per heavy atom. The van der Waals surface area contributed by atoms with Crippen molar-refractivity contribution in [1.29, 1.82) is 0 Å². The van der Waals surface area contributed by atoms with Crippen molar-refractivity contribution in [2.24, 2.45) is 10.8 Å². The summed E-state index contributed by atoms with van der Waals surface area (Å²) in [5.74, 6) is 1.58. The molecule has 2 spiro atoms. The summed E-state index contributed by atoms with van der Waals surface area (Å²) in [5.41, 5.74) is 4.62. The van der Waals surface area contributed by atoms with Gasteiger partial charge < -0.3 is 32.9 Å². The number of hydrogen-bond donors (Lipinski definition) is 3. The number of aromatic nitrogens is 6. The van der Waals surface area contributed by atoms with E-state index < -0.39 is 5.24 Å². The van der Waals surface area contributed by atoms with Gasteiger partial charge in [-0.1, -0.05) is 25.8 Å². The SMILES string of the molecule is C=CC(=O)Cl.C=CC(=O)N1CCC2(CC(n3c(NC(=O)c4ccc(-c5cnco5)s4)nc4ccc(C=O)cc43)C2)C1.C=CC(=O)N1CCC2(CC(n3c(NC(=O)c4ccc(-c5cnco5)s4)nc4ccc(CO)cc43)C2)C1. The maximum Gasteiger partial charge on any atom is 0.268 e. The van der Waals surface area contributed by atoms with E-state index in [9.17, 15) is 33.9 Å². The van der Waals surface area contributed by atoms with Gasteiger partial charge in [-0.2, -0.15) is 0 Å². The van der Waals surface area contributed by atoms with Crippen LogP contribution < -0.4 is 10.6 Å². The van der Waals surface area contributed by atoms with Crippen LogP contribution in [-0.4, -0.2) is 105 Å². The fourth-order valence-corrected chi connectivity index (χ4v) is 12.6. The van der Waals surface area contributed by atoms with Crippen molar-refractivity contribution in [1.82, 2.24) is 38.9 Å². The first kappa shape index (κ1) is 52.3. The number of fused-ring (bicyclic) bond motifs is 2. The van der Waals surface area contributed by atoms with Crippen molar-refractivity contribution in [2.75, 3.05) is 36.8 Å². The first-order chi connectivity index (χ1) is 37.2. The Bertz CT molecular complexity index is 3580. The Morgan fingerprint density at radius 2 is 1.16 bits per heavy atom. The molecule has 19 nitrogen and oxygen atoms in total. The van der Waals surface area contributed by atoms with Crippen LogP contribution >= 0.6 is 34.3 Å². The van der Waals surface area contributed by atoms with Gasteiger partial charge in [0.2, 0.25) is 29.0 Å². The van der Waals surface area contributed by atoms with Gasteiger partial charge in [-0.15, -0.1) is 22.7 Å². The number of benzene rings is 2. The number of thiophene rings is 2. The molecular formula is C55H51ClN10O9S2. The second-order valence-corrected chi connectivity index (χ2v) is 22.0. The molecule has 6 aromatic heterocycles. The molecule has 0 bridgehead atoms. The van der Waals surface area contributed by atoms with Gasteiger partial charge in [0.25, 0.3) is 11.8 Å². The van der Waals surface area contributed by atoms with E-state index in [1.165, 1.54) is 47.6 Å². The Balaban J connectivity index is 0.000000161. The van der Waals surface area contributed by atoms with Gasteiger partial charge in [0.15, 0.2) is 24.3 Å². The highest BCUT2D eigenvalue weighted by atomic mass is 35.5. The zero-order valence-electron chi connectivity index (χ0n) is 41.4. The van der Waals surface area contributed by atoms with E-state index in [0.717, 1.165) is 102 Å². The third kappa shape index (κ3) is 10.7. The van der Waals surface area contributed by atoms with E-state index in [4.69, 9.17) is 30.4 Å². The highest BCUT2D eigenvalue weighted by molar-refractivity contribution is 7.17. The number of imidazole rings is 2. The van der Waals surface area contributed by atoms with Crippen LogP contribution in [0.15, 0.2) is 133 Å². The number of aldehydes is 1. The highest BCUT2D eigenvalue weighted by Crippen LogP contribution is 2.57. The third-order valence-corrected chi connectivity index (χ3v) is 17.0. The maximum absolute atomic E-state index is 13.2. The zero-order chi connectivity index (χ0) is 54.0. The smallest absolute Gasteiger partial charge is 0.268 e. The van der Waals surface area contributed by atoms with E-state index in [2.05, 4.69) is 44.9 Å². The number of aliphatic hydroxyl groups excluding tert-OH is 1. The Labute approximate surface area is 453 Å². The van der Waals surface area contributed by atoms with Crippen LogP contribution in [-0.2, 0) is 21.0 Å². The lowest BCUT2D eigenvalue weighted by Crippen LogP contribution is -2.42. The van der Waals surface area contributed by atoms with Gasteiger partial charge in [-0.05, 0) is 139 Å². The summed E-state index contributed by atoms with van der Waals surface area (Å²) in [5, 5.41) is 15.2. The van der Waals surface area contributed by atoms with Gasteiger partial charge in [0, 0.05) is 43.8 Å². The minimum absolute atomic E-state index is 0.0235. The molecule has 2 aliphatic carbocycles. The summed E-state index contributed by atoms with van der Waals surface area (Å²) >= 11 is 7.34. The summed E-state index contributed by atoms with van der Waals surface area (Å²) in [4.78, 5) is 95.2. The summed E-state index contributed by atoms with van der Waals surface area (Å²) in [7, 11) is 0. The van der Waals surface area contributed by atoms with Crippen molar-refractivity contribution in [3.05, 3.63) is 145 Å². The molecule has 12 rings (SSSR count). The number of nitrogens with zero attached hydrogens (tertiary/aromatic N) is 8. The van der Waals surface area contributed by atoms with Crippen molar-refractivity contribution < 1.29 is 42.7 Å². The number of oxazole rings is 2. The lowest BCUT2D eigenvalue weighted by Gasteiger charge is -2.46. The zero-order valence-corrected chi connectivity index (χ0v) is 43.8. The molecule has 2 aromatic carbocycles. The molecule has 77 heavy (non-hydrogen) atoms. The van der Waals surface area contributed by atoms with Crippen molar-refractivity contribution in [3.63, 3.8) is 0 Å². The molecule has 2 aliphatic heterocycles. The average molecular weight is 1100 g/mol. The molecule has 8 aromatic rings. The molecule has 4 aliphatic rings. The lowest BCUT2D eigenvalue weighted by molar-refractivity contribution is -0.126. The van der Waals surface area contributed by atoms with Crippen LogP contribution in [0.1, 0.15) is 85.9 Å². The Hall–Kier alpha value is -8.11. The van der Waals surface area contributed by atoms with E-state index >= 15 is 0 Å². The van der Waals surface area contributed by atoms with Gasteiger partial charge in [0.1, 0.15) is 6.29 Å². The van der Waals surface area contributed by atoms with Gasteiger partial charge in [0.05, 0.1) is 60.6 Å². The number of nitrogens with one attached hydrogen (secondary N) is 2. The summed E-state index contributed by atoms with van der Waals surface area (Å²) in [6, 6.07) is 18.4. The van der Waals surface area contributed by atoms with Crippen LogP contribution in [0.5, 0.6) is 0 Å². The molecule has 22 heteroatoms. The molecule has 0 radical (unpaired) electrons. The summed E-state index contributed by atoms with van der Waals surface area (Å²) in [6.45, 7) is 13.1. The lowest BCUT2D eigenvalue weighted by atomic mass is 9.64. The Morgan fingerprint density at radius 3 is 1.57 bits per heavy atom. The fraction of sp³-hybridized carbons (Fsp3) is 0.273. The molecule has 4 amide bonds. The molecule has 394 valence electrons. The molecule has 4 fully saturated rings. The summed E-state index contributed by atoms with van der Waals surface area (Å²) < 4.78 is 14.8. The average Bonchev–Trinajstić information content (AvgIpc) is 4.30. The van der Waals surface area contributed by atoms with Crippen LogP contribution in [0, 0.1) is 10.8 Å². The predicted molar refractivity (Wildman–Crippen MR) is 292 cm³/mol. The first-order valence-corrected chi connectivity index (χ1v) is 26.6. The number of allylic oxidation sites excluding steroid dienone is 1. The normalized spacial score (nSPS) is 20.1. The minimum Gasteiger partial charge on any atom is -0.443 e. The number of aliphatic hydroxyl groups is 1.